The zero-order chi connectivity index (χ0) is 17.8. The number of esters is 1. The number of methoxy groups -OCH3 is 1. The molecule has 0 aliphatic carbocycles. The monoisotopic (exact) mass is 341 g/mol. The average Bonchev–Trinajstić information content (AvgIpc) is 2.61. The molecule has 0 radical (unpaired) electrons. The summed E-state index contributed by atoms with van der Waals surface area (Å²) in [6, 6.07) is 9.15. The van der Waals surface area contributed by atoms with E-state index in [1.807, 2.05) is 25.1 Å². The molecule has 0 bridgehead atoms. The van der Waals surface area contributed by atoms with Crippen molar-refractivity contribution in [1.82, 2.24) is 14.9 Å². The average molecular weight is 341 g/mol. The summed E-state index contributed by atoms with van der Waals surface area (Å²) in [4.78, 5) is 25.5. The number of ether oxygens (including phenoxy) is 1. The van der Waals surface area contributed by atoms with Crippen LogP contribution in [0.3, 0.4) is 0 Å². The second-order valence-electron chi connectivity index (χ2n) is 6.11. The first-order chi connectivity index (χ1) is 12.1. The molecule has 0 saturated carbocycles. The lowest BCUT2D eigenvalue weighted by Crippen LogP contribution is -2.44. The number of aromatic nitrogens is 2. The summed E-state index contributed by atoms with van der Waals surface area (Å²) in [5.74, 6) is 1.87. The molecule has 2 aromatic rings. The highest BCUT2D eigenvalue weighted by Crippen LogP contribution is 2.23. The van der Waals surface area contributed by atoms with Crippen molar-refractivity contribution in [1.29, 1.82) is 0 Å². The third-order valence-electron chi connectivity index (χ3n) is 4.25. The summed E-state index contributed by atoms with van der Waals surface area (Å²) >= 11 is 0. The van der Waals surface area contributed by atoms with E-state index in [1.165, 1.54) is 7.11 Å². The zero-order valence-electron chi connectivity index (χ0n) is 14.8. The van der Waals surface area contributed by atoms with E-state index >= 15 is 0 Å². The van der Waals surface area contributed by atoms with Gasteiger partial charge in [0.2, 0.25) is 0 Å². The van der Waals surface area contributed by atoms with Gasteiger partial charge in [-0.05, 0) is 26.1 Å². The summed E-state index contributed by atoms with van der Waals surface area (Å²) in [6.07, 6.45) is 0. The minimum absolute atomic E-state index is 0.381. The Kier molecular flexibility index (Phi) is 5.14. The number of hydrogen-bond donors (Lipinski definition) is 1. The lowest BCUT2D eigenvalue weighted by atomic mass is 10.2. The first-order valence-electron chi connectivity index (χ1n) is 8.30. The van der Waals surface area contributed by atoms with Crippen molar-refractivity contribution in [3.63, 3.8) is 0 Å². The van der Waals surface area contributed by atoms with Crippen LogP contribution in [0.25, 0.3) is 0 Å². The first kappa shape index (κ1) is 17.2. The van der Waals surface area contributed by atoms with Gasteiger partial charge in [-0.1, -0.05) is 12.1 Å². The highest BCUT2D eigenvalue weighted by atomic mass is 16.5. The van der Waals surface area contributed by atoms with Gasteiger partial charge in [0, 0.05) is 32.2 Å². The summed E-state index contributed by atoms with van der Waals surface area (Å²) in [7, 11) is 3.50. The van der Waals surface area contributed by atoms with Crippen LogP contribution in [-0.4, -0.2) is 61.2 Å². The molecule has 0 atom stereocenters. The number of benzene rings is 1. The van der Waals surface area contributed by atoms with Crippen molar-refractivity contribution in [3.05, 3.63) is 41.7 Å². The molecule has 7 nitrogen and oxygen atoms in total. The van der Waals surface area contributed by atoms with Crippen LogP contribution in [0.1, 0.15) is 16.2 Å². The molecule has 1 aliphatic rings. The van der Waals surface area contributed by atoms with Crippen LogP contribution in [0.15, 0.2) is 30.3 Å². The topological polar surface area (TPSA) is 70.6 Å². The van der Waals surface area contributed by atoms with Crippen molar-refractivity contribution in [2.24, 2.45) is 0 Å². The standard InChI is InChI=1S/C18H23N5O2/c1-13-19-16(12-17(20-13)23-10-8-22(2)9-11-23)21-15-7-5-4-6-14(15)18(24)25-3/h4-7,12H,8-11H2,1-3H3,(H,19,20,21). The molecule has 3 rings (SSSR count). The van der Waals surface area contributed by atoms with Gasteiger partial charge in [0.15, 0.2) is 0 Å². The molecule has 7 heteroatoms. The van der Waals surface area contributed by atoms with E-state index in [0.29, 0.717) is 22.9 Å². The number of nitrogens with zero attached hydrogens (tertiary/aromatic N) is 4. The summed E-state index contributed by atoms with van der Waals surface area (Å²) in [5.41, 5.74) is 1.14. The molecule has 1 fully saturated rings. The van der Waals surface area contributed by atoms with Crippen LogP contribution in [0, 0.1) is 6.92 Å². The van der Waals surface area contributed by atoms with E-state index in [2.05, 4.69) is 32.1 Å². The minimum atomic E-state index is -0.381. The third-order valence-corrected chi connectivity index (χ3v) is 4.25. The van der Waals surface area contributed by atoms with Gasteiger partial charge in [0.25, 0.3) is 0 Å². The van der Waals surface area contributed by atoms with E-state index < -0.39 is 0 Å². The predicted octanol–water partition coefficient (Wildman–Crippen LogP) is 2.07. The SMILES string of the molecule is COC(=O)c1ccccc1Nc1cc(N2CCN(C)CC2)nc(C)n1. The first-order valence-corrected chi connectivity index (χ1v) is 8.30. The molecule has 2 heterocycles. The molecule has 0 unspecified atom stereocenters. The number of para-hydroxylation sites is 1. The van der Waals surface area contributed by atoms with Gasteiger partial charge in [-0.2, -0.15) is 0 Å². The van der Waals surface area contributed by atoms with Crippen molar-refractivity contribution in [3.8, 4) is 0 Å². The molecule has 1 aromatic carbocycles. The number of aryl methyl sites for hydroxylation is 1. The fraction of sp³-hybridized carbons (Fsp3) is 0.389. The van der Waals surface area contributed by atoms with Crippen LogP contribution < -0.4 is 10.2 Å². The molecule has 132 valence electrons. The minimum Gasteiger partial charge on any atom is -0.465 e. The molecule has 0 amide bonds. The number of rotatable bonds is 4. The molecule has 0 spiro atoms. The molecular weight excluding hydrogens is 318 g/mol. The maximum Gasteiger partial charge on any atom is 0.339 e. The Balaban J connectivity index is 1.85. The number of piperazine rings is 1. The fourth-order valence-corrected chi connectivity index (χ4v) is 2.83. The Bertz CT molecular complexity index is 757. The molecule has 25 heavy (non-hydrogen) atoms. The van der Waals surface area contributed by atoms with E-state index in [-0.39, 0.29) is 5.97 Å². The van der Waals surface area contributed by atoms with Crippen LogP contribution in [0.4, 0.5) is 17.3 Å². The lowest BCUT2D eigenvalue weighted by Gasteiger charge is -2.33. The van der Waals surface area contributed by atoms with Gasteiger partial charge < -0.3 is 19.9 Å². The van der Waals surface area contributed by atoms with Gasteiger partial charge in [-0.15, -0.1) is 0 Å². The van der Waals surface area contributed by atoms with Gasteiger partial charge >= 0.3 is 5.97 Å². The molecule has 1 aliphatic heterocycles. The number of nitrogens with one attached hydrogen (secondary N) is 1. The van der Waals surface area contributed by atoms with Gasteiger partial charge in [-0.25, -0.2) is 14.8 Å². The summed E-state index contributed by atoms with van der Waals surface area (Å²) in [5, 5.41) is 3.23. The van der Waals surface area contributed by atoms with Gasteiger partial charge in [0.1, 0.15) is 17.5 Å². The van der Waals surface area contributed by atoms with Crippen LogP contribution >= 0.6 is 0 Å². The Hall–Kier alpha value is -2.67. The maximum absolute atomic E-state index is 11.9. The Morgan fingerprint density at radius 1 is 1.16 bits per heavy atom. The number of anilines is 3. The van der Waals surface area contributed by atoms with E-state index in [9.17, 15) is 4.79 Å². The zero-order valence-corrected chi connectivity index (χ0v) is 14.8. The number of hydrogen-bond acceptors (Lipinski definition) is 7. The van der Waals surface area contributed by atoms with Crippen LogP contribution in [0.2, 0.25) is 0 Å². The van der Waals surface area contributed by atoms with Crippen molar-refractivity contribution in [2.45, 2.75) is 6.92 Å². The highest BCUT2D eigenvalue weighted by molar-refractivity contribution is 5.96. The normalized spacial score (nSPS) is 15.1. The van der Waals surface area contributed by atoms with Gasteiger partial charge in [-0.3, -0.25) is 0 Å². The Morgan fingerprint density at radius 2 is 1.88 bits per heavy atom. The smallest absolute Gasteiger partial charge is 0.339 e. The maximum atomic E-state index is 11.9. The largest absolute Gasteiger partial charge is 0.465 e. The second kappa shape index (κ2) is 7.48. The van der Waals surface area contributed by atoms with Gasteiger partial charge in [0.05, 0.1) is 18.4 Å². The van der Waals surface area contributed by atoms with Crippen molar-refractivity contribution >= 4 is 23.3 Å². The number of carbonyl (C=O) groups is 1. The summed E-state index contributed by atoms with van der Waals surface area (Å²) < 4.78 is 4.84. The molecular formula is C18H23N5O2. The Labute approximate surface area is 147 Å². The van der Waals surface area contributed by atoms with E-state index in [0.717, 1.165) is 32.0 Å². The molecule has 1 N–H and O–H groups in total. The second-order valence-corrected chi connectivity index (χ2v) is 6.11. The van der Waals surface area contributed by atoms with Crippen molar-refractivity contribution in [2.75, 3.05) is 50.6 Å². The van der Waals surface area contributed by atoms with Crippen LogP contribution in [0.5, 0.6) is 0 Å². The summed E-state index contributed by atoms with van der Waals surface area (Å²) in [6.45, 7) is 5.77. The highest BCUT2D eigenvalue weighted by Gasteiger charge is 2.17. The van der Waals surface area contributed by atoms with Crippen LogP contribution in [-0.2, 0) is 4.74 Å². The van der Waals surface area contributed by atoms with E-state index in [1.54, 1.807) is 12.1 Å². The quantitative estimate of drug-likeness (QED) is 0.854. The number of carbonyl (C=O) groups excluding carboxylic acids is 1. The third kappa shape index (κ3) is 4.06. The Morgan fingerprint density at radius 3 is 2.60 bits per heavy atom. The molecule has 1 aromatic heterocycles. The van der Waals surface area contributed by atoms with Crippen molar-refractivity contribution < 1.29 is 9.53 Å². The lowest BCUT2D eigenvalue weighted by molar-refractivity contribution is 0.0602. The molecule has 1 saturated heterocycles. The predicted molar refractivity (Wildman–Crippen MR) is 97.5 cm³/mol. The number of likely N-dealkylation sites (N-methyl/N-ethyl adjacent to an activating group) is 1. The fourth-order valence-electron chi connectivity index (χ4n) is 2.83. The van der Waals surface area contributed by atoms with E-state index in [4.69, 9.17) is 4.74 Å².